The SMILES string of the molecule is CC[C@@H](C(=O)NC(C)C)N(Cc1ccc(OC)cc1)C(=O)COc1cc(OC)cc(OC)c1. The topological polar surface area (TPSA) is 86.3 Å². The molecule has 0 spiro atoms. The van der Waals surface area contributed by atoms with Crippen molar-refractivity contribution in [3.8, 4) is 23.0 Å². The molecular weight excluding hydrogens is 424 g/mol. The van der Waals surface area contributed by atoms with Crippen molar-refractivity contribution in [2.24, 2.45) is 0 Å². The van der Waals surface area contributed by atoms with Crippen LogP contribution in [0, 0.1) is 0 Å². The van der Waals surface area contributed by atoms with E-state index >= 15 is 0 Å². The van der Waals surface area contributed by atoms with Crippen LogP contribution in [0.5, 0.6) is 23.0 Å². The number of hydrogen-bond acceptors (Lipinski definition) is 6. The second-order valence-corrected chi connectivity index (χ2v) is 7.79. The Kier molecular flexibility index (Phi) is 9.84. The third kappa shape index (κ3) is 7.59. The van der Waals surface area contributed by atoms with Crippen LogP contribution in [0.25, 0.3) is 0 Å². The molecule has 1 N–H and O–H groups in total. The van der Waals surface area contributed by atoms with Crippen molar-refractivity contribution in [2.45, 2.75) is 45.8 Å². The van der Waals surface area contributed by atoms with Crippen molar-refractivity contribution in [3.63, 3.8) is 0 Å². The molecule has 0 heterocycles. The number of benzene rings is 2. The third-order valence-electron chi connectivity index (χ3n) is 5.02. The van der Waals surface area contributed by atoms with Crippen molar-refractivity contribution >= 4 is 11.8 Å². The normalized spacial score (nSPS) is 11.5. The molecule has 1 atom stereocenters. The van der Waals surface area contributed by atoms with Gasteiger partial charge in [-0.3, -0.25) is 9.59 Å². The lowest BCUT2D eigenvalue weighted by Crippen LogP contribution is -2.51. The van der Waals surface area contributed by atoms with Gasteiger partial charge in [-0.15, -0.1) is 0 Å². The predicted molar refractivity (Wildman–Crippen MR) is 126 cm³/mol. The fourth-order valence-corrected chi connectivity index (χ4v) is 3.32. The van der Waals surface area contributed by atoms with Gasteiger partial charge in [-0.25, -0.2) is 0 Å². The Morgan fingerprint density at radius 2 is 1.42 bits per heavy atom. The average molecular weight is 459 g/mol. The van der Waals surface area contributed by atoms with E-state index in [9.17, 15) is 9.59 Å². The van der Waals surface area contributed by atoms with Crippen molar-refractivity contribution in [1.29, 1.82) is 0 Å². The zero-order chi connectivity index (χ0) is 24.4. The highest BCUT2D eigenvalue weighted by molar-refractivity contribution is 5.88. The van der Waals surface area contributed by atoms with Crippen LogP contribution in [-0.2, 0) is 16.1 Å². The van der Waals surface area contributed by atoms with Crippen LogP contribution < -0.4 is 24.3 Å². The highest BCUT2D eigenvalue weighted by Crippen LogP contribution is 2.27. The van der Waals surface area contributed by atoms with Crippen LogP contribution in [-0.4, -0.2) is 56.7 Å². The molecule has 0 saturated heterocycles. The Hall–Kier alpha value is -3.42. The minimum absolute atomic E-state index is 0.0370. The summed E-state index contributed by atoms with van der Waals surface area (Å²) in [6.45, 7) is 5.68. The largest absolute Gasteiger partial charge is 0.497 e. The van der Waals surface area contributed by atoms with Crippen molar-refractivity contribution < 1.29 is 28.5 Å². The van der Waals surface area contributed by atoms with Crippen molar-refractivity contribution in [3.05, 3.63) is 48.0 Å². The molecule has 0 aromatic heterocycles. The van der Waals surface area contributed by atoms with E-state index in [4.69, 9.17) is 18.9 Å². The summed E-state index contributed by atoms with van der Waals surface area (Å²) in [5, 5.41) is 2.91. The molecule has 0 saturated carbocycles. The van der Waals surface area contributed by atoms with Gasteiger partial charge in [0.25, 0.3) is 5.91 Å². The first kappa shape index (κ1) is 25.8. The molecule has 0 fully saturated rings. The average Bonchev–Trinajstić information content (AvgIpc) is 2.82. The lowest BCUT2D eigenvalue weighted by Gasteiger charge is -2.31. The summed E-state index contributed by atoms with van der Waals surface area (Å²) >= 11 is 0. The lowest BCUT2D eigenvalue weighted by atomic mass is 10.1. The molecule has 8 heteroatoms. The molecule has 180 valence electrons. The zero-order valence-electron chi connectivity index (χ0n) is 20.2. The molecule has 0 unspecified atom stereocenters. The van der Waals surface area contributed by atoms with E-state index < -0.39 is 6.04 Å². The fraction of sp³-hybridized carbons (Fsp3) is 0.440. The van der Waals surface area contributed by atoms with Crippen LogP contribution in [0.2, 0.25) is 0 Å². The summed E-state index contributed by atoms with van der Waals surface area (Å²) in [6.07, 6.45) is 0.466. The second kappa shape index (κ2) is 12.6. The standard InChI is InChI=1S/C25H34N2O6/c1-7-23(25(29)26-17(2)3)27(15-18-8-10-19(30-4)11-9-18)24(28)16-33-22-13-20(31-5)12-21(14-22)32-6/h8-14,17,23H,7,15-16H2,1-6H3,(H,26,29)/t23-/m0/s1. The quantitative estimate of drug-likeness (QED) is 0.525. The van der Waals surface area contributed by atoms with Crippen molar-refractivity contribution in [2.75, 3.05) is 27.9 Å². The van der Waals surface area contributed by atoms with E-state index in [-0.39, 0.29) is 31.0 Å². The number of amides is 2. The van der Waals surface area contributed by atoms with Crippen LogP contribution in [0.1, 0.15) is 32.8 Å². The molecule has 0 aliphatic rings. The number of nitrogens with zero attached hydrogens (tertiary/aromatic N) is 1. The lowest BCUT2D eigenvalue weighted by molar-refractivity contribution is -0.143. The molecule has 2 rings (SSSR count). The monoisotopic (exact) mass is 458 g/mol. The van der Waals surface area contributed by atoms with Crippen LogP contribution >= 0.6 is 0 Å². The van der Waals surface area contributed by atoms with E-state index in [1.54, 1.807) is 44.4 Å². The number of carbonyl (C=O) groups is 2. The highest BCUT2D eigenvalue weighted by atomic mass is 16.5. The van der Waals surface area contributed by atoms with E-state index in [1.807, 2.05) is 45.0 Å². The van der Waals surface area contributed by atoms with Crippen molar-refractivity contribution in [1.82, 2.24) is 10.2 Å². The Bertz CT molecular complexity index is 891. The van der Waals surface area contributed by atoms with E-state index in [1.165, 1.54) is 0 Å². The second-order valence-electron chi connectivity index (χ2n) is 7.79. The Balaban J connectivity index is 2.24. The first-order valence-corrected chi connectivity index (χ1v) is 10.9. The summed E-state index contributed by atoms with van der Waals surface area (Å²) in [7, 11) is 4.68. The zero-order valence-corrected chi connectivity index (χ0v) is 20.2. The van der Waals surface area contributed by atoms with Gasteiger partial charge in [-0.2, -0.15) is 0 Å². The number of nitrogens with one attached hydrogen (secondary N) is 1. The molecule has 33 heavy (non-hydrogen) atoms. The number of ether oxygens (including phenoxy) is 4. The van der Waals surface area contributed by atoms with E-state index in [0.29, 0.717) is 23.7 Å². The maximum atomic E-state index is 13.3. The number of rotatable bonds is 12. The van der Waals surface area contributed by atoms with Gasteiger partial charge >= 0.3 is 0 Å². The smallest absolute Gasteiger partial charge is 0.261 e. The number of carbonyl (C=O) groups excluding carboxylic acids is 2. The summed E-state index contributed by atoms with van der Waals surface area (Å²) in [4.78, 5) is 27.7. The minimum Gasteiger partial charge on any atom is -0.497 e. The molecule has 8 nitrogen and oxygen atoms in total. The molecule has 2 aromatic rings. The molecule has 0 bridgehead atoms. The highest BCUT2D eigenvalue weighted by Gasteiger charge is 2.29. The van der Waals surface area contributed by atoms with Gasteiger partial charge in [0, 0.05) is 30.8 Å². The minimum atomic E-state index is -0.634. The maximum absolute atomic E-state index is 13.3. The molecule has 2 aromatic carbocycles. The van der Waals surface area contributed by atoms with Crippen LogP contribution in [0.15, 0.2) is 42.5 Å². The molecule has 0 aliphatic heterocycles. The van der Waals surface area contributed by atoms with Gasteiger partial charge in [0.2, 0.25) is 5.91 Å². The number of methoxy groups -OCH3 is 3. The molecule has 0 radical (unpaired) electrons. The van der Waals surface area contributed by atoms with Gasteiger partial charge in [-0.1, -0.05) is 19.1 Å². The molecule has 2 amide bonds. The van der Waals surface area contributed by atoms with Gasteiger partial charge in [0.1, 0.15) is 29.0 Å². The Morgan fingerprint density at radius 1 is 0.879 bits per heavy atom. The van der Waals surface area contributed by atoms with Gasteiger partial charge in [0.15, 0.2) is 6.61 Å². The summed E-state index contributed by atoms with van der Waals surface area (Å²) in [6, 6.07) is 11.8. The predicted octanol–water partition coefficient (Wildman–Crippen LogP) is 3.42. The number of hydrogen-bond donors (Lipinski definition) is 1. The van der Waals surface area contributed by atoms with Gasteiger partial charge in [-0.05, 0) is 38.0 Å². The van der Waals surface area contributed by atoms with E-state index in [2.05, 4.69) is 5.32 Å². The summed E-state index contributed by atoms with van der Waals surface area (Å²) < 4.78 is 21.5. The molecular formula is C25H34N2O6. The Labute approximate surface area is 195 Å². The van der Waals surface area contributed by atoms with Gasteiger partial charge in [0.05, 0.1) is 21.3 Å². The first-order valence-electron chi connectivity index (χ1n) is 10.9. The third-order valence-corrected chi connectivity index (χ3v) is 5.02. The summed E-state index contributed by atoms with van der Waals surface area (Å²) in [5.74, 6) is 1.75. The van der Waals surface area contributed by atoms with Gasteiger partial charge < -0.3 is 29.2 Å². The summed E-state index contributed by atoms with van der Waals surface area (Å²) in [5.41, 5.74) is 0.878. The molecule has 0 aliphatic carbocycles. The van der Waals surface area contributed by atoms with Crippen LogP contribution in [0.3, 0.4) is 0 Å². The fourth-order valence-electron chi connectivity index (χ4n) is 3.32. The van der Waals surface area contributed by atoms with E-state index in [0.717, 1.165) is 11.3 Å². The van der Waals surface area contributed by atoms with Crippen LogP contribution in [0.4, 0.5) is 0 Å². The maximum Gasteiger partial charge on any atom is 0.261 e. The first-order chi connectivity index (χ1) is 15.8. The Morgan fingerprint density at radius 3 is 1.91 bits per heavy atom.